The number of hydrogen-bond donors (Lipinski definition) is 0. The summed E-state index contributed by atoms with van der Waals surface area (Å²) in [7, 11) is 0. The van der Waals surface area contributed by atoms with Crippen molar-refractivity contribution in [2.45, 2.75) is 0 Å². The van der Waals surface area contributed by atoms with Gasteiger partial charge in [-0.3, -0.25) is 0 Å². The molecule has 0 aliphatic carbocycles. The fourth-order valence-electron chi connectivity index (χ4n) is 8.03. The molecule has 0 amide bonds. The molecule has 0 fully saturated rings. The first kappa shape index (κ1) is 29.2. The third-order valence-electron chi connectivity index (χ3n) is 10.4. The van der Waals surface area contributed by atoms with E-state index in [0.29, 0.717) is 0 Å². The zero-order valence-electron chi connectivity index (χ0n) is 28.0. The van der Waals surface area contributed by atoms with Crippen LogP contribution in [-0.4, -0.2) is 0 Å². The molecule has 1 nitrogen and oxygen atoms in total. The van der Waals surface area contributed by atoms with E-state index in [1.165, 1.54) is 76.1 Å². The molecule has 10 aromatic rings. The summed E-state index contributed by atoms with van der Waals surface area (Å²) in [6, 6.07) is 73.1. The van der Waals surface area contributed by atoms with Crippen molar-refractivity contribution < 1.29 is 0 Å². The highest BCUT2D eigenvalue weighted by Crippen LogP contribution is 2.44. The van der Waals surface area contributed by atoms with E-state index in [1.807, 2.05) is 0 Å². The fraction of sp³-hybridized carbons (Fsp3) is 0. The van der Waals surface area contributed by atoms with Crippen LogP contribution in [0, 0.1) is 0 Å². The van der Waals surface area contributed by atoms with Crippen LogP contribution in [0.2, 0.25) is 0 Å². The molecule has 0 aliphatic heterocycles. The molecule has 10 aromatic carbocycles. The van der Waals surface area contributed by atoms with E-state index >= 15 is 0 Å². The third kappa shape index (κ3) is 4.94. The van der Waals surface area contributed by atoms with Crippen molar-refractivity contribution in [1.82, 2.24) is 0 Å². The molecule has 0 heterocycles. The Labute approximate surface area is 297 Å². The Bertz CT molecular complexity index is 2920. The van der Waals surface area contributed by atoms with E-state index in [9.17, 15) is 0 Å². The second kappa shape index (κ2) is 12.0. The van der Waals surface area contributed by atoms with Gasteiger partial charge in [0.2, 0.25) is 0 Å². The molecule has 0 saturated heterocycles. The SMILES string of the molecule is c1ccc(-c2ccccc2N(c2cccc(-c3cc4ccc5ccccc5c4c4ccccc34)c2)c2ccc3c(ccc4ccccc43)c2)cc1. The maximum absolute atomic E-state index is 2.43. The van der Waals surface area contributed by atoms with Gasteiger partial charge in [0.15, 0.2) is 0 Å². The Morgan fingerprint density at radius 1 is 0.275 bits per heavy atom. The first-order chi connectivity index (χ1) is 25.3. The lowest BCUT2D eigenvalue weighted by Crippen LogP contribution is -2.11. The van der Waals surface area contributed by atoms with Gasteiger partial charge in [0.25, 0.3) is 0 Å². The van der Waals surface area contributed by atoms with Crippen molar-refractivity contribution in [3.8, 4) is 22.3 Å². The smallest absolute Gasteiger partial charge is 0.0540 e. The van der Waals surface area contributed by atoms with Crippen molar-refractivity contribution in [1.29, 1.82) is 0 Å². The van der Waals surface area contributed by atoms with Gasteiger partial charge in [-0.25, -0.2) is 0 Å². The number of para-hydroxylation sites is 1. The Morgan fingerprint density at radius 3 is 1.71 bits per heavy atom. The standard InChI is InChI=1S/C50H33N/c1-2-13-34(14-3-1)44-20-10-11-24-49(44)51(41-29-30-43-38(32-41)27-25-35-15-4-6-19-42(35)43)40-18-12-17-37(31-40)48-33-39-28-26-36-16-5-7-21-45(36)50(39)47-23-9-8-22-46(47)48/h1-33H. The molecule has 51 heavy (non-hydrogen) atoms. The number of rotatable bonds is 5. The summed E-state index contributed by atoms with van der Waals surface area (Å²) in [5.41, 5.74) is 8.16. The second-order valence-corrected chi connectivity index (χ2v) is 13.3. The Hall–Kier alpha value is -6.70. The average molecular weight is 648 g/mol. The first-order valence-electron chi connectivity index (χ1n) is 17.6. The minimum Gasteiger partial charge on any atom is -0.310 e. The molecule has 0 radical (unpaired) electrons. The number of hydrogen-bond acceptors (Lipinski definition) is 1. The fourth-order valence-corrected chi connectivity index (χ4v) is 8.03. The van der Waals surface area contributed by atoms with Crippen molar-refractivity contribution in [2.24, 2.45) is 0 Å². The van der Waals surface area contributed by atoms with Crippen LogP contribution >= 0.6 is 0 Å². The van der Waals surface area contributed by atoms with Crippen LogP contribution in [0.4, 0.5) is 17.1 Å². The number of nitrogens with zero attached hydrogens (tertiary/aromatic N) is 1. The summed E-state index contributed by atoms with van der Waals surface area (Å²) in [5, 5.41) is 12.7. The maximum Gasteiger partial charge on any atom is 0.0540 e. The Kier molecular flexibility index (Phi) is 6.89. The van der Waals surface area contributed by atoms with E-state index in [1.54, 1.807) is 0 Å². The summed E-state index contributed by atoms with van der Waals surface area (Å²) in [6.07, 6.45) is 0. The molecule has 0 aliphatic rings. The molecule has 0 N–H and O–H groups in total. The molecule has 10 rings (SSSR count). The Morgan fingerprint density at radius 2 is 0.863 bits per heavy atom. The molecule has 238 valence electrons. The quantitative estimate of drug-likeness (QED) is 0.168. The van der Waals surface area contributed by atoms with Gasteiger partial charge < -0.3 is 4.90 Å². The van der Waals surface area contributed by atoms with Gasteiger partial charge in [-0.05, 0) is 107 Å². The largest absolute Gasteiger partial charge is 0.310 e. The molecular weight excluding hydrogens is 615 g/mol. The minimum atomic E-state index is 1.11. The zero-order chi connectivity index (χ0) is 33.7. The third-order valence-corrected chi connectivity index (χ3v) is 10.4. The molecular formula is C50H33N. The molecule has 0 bridgehead atoms. The van der Waals surface area contributed by atoms with Crippen molar-refractivity contribution >= 4 is 70.9 Å². The van der Waals surface area contributed by atoms with Gasteiger partial charge in [-0.2, -0.15) is 0 Å². The predicted molar refractivity (Wildman–Crippen MR) is 220 cm³/mol. The highest BCUT2D eigenvalue weighted by molar-refractivity contribution is 6.23. The summed E-state index contributed by atoms with van der Waals surface area (Å²) in [6.45, 7) is 0. The van der Waals surface area contributed by atoms with E-state index in [-0.39, 0.29) is 0 Å². The van der Waals surface area contributed by atoms with Gasteiger partial charge in [-0.15, -0.1) is 0 Å². The molecule has 0 saturated carbocycles. The summed E-state index contributed by atoms with van der Waals surface area (Å²) in [5.74, 6) is 0. The highest BCUT2D eigenvalue weighted by Gasteiger charge is 2.19. The molecule has 0 aromatic heterocycles. The van der Waals surface area contributed by atoms with E-state index in [0.717, 1.165) is 17.1 Å². The van der Waals surface area contributed by atoms with Crippen LogP contribution in [-0.2, 0) is 0 Å². The van der Waals surface area contributed by atoms with Crippen LogP contribution < -0.4 is 4.90 Å². The van der Waals surface area contributed by atoms with Crippen molar-refractivity contribution in [3.05, 3.63) is 200 Å². The topological polar surface area (TPSA) is 3.24 Å². The lowest BCUT2D eigenvalue weighted by atomic mass is 9.90. The molecule has 0 atom stereocenters. The van der Waals surface area contributed by atoms with Crippen LogP contribution in [0.25, 0.3) is 76.1 Å². The Balaban J connectivity index is 1.21. The van der Waals surface area contributed by atoms with Gasteiger partial charge in [0, 0.05) is 16.9 Å². The monoisotopic (exact) mass is 647 g/mol. The molecule has 0 spiro atoms. The molecule has 1 heteroatoms. The van der Waals surface area contributed by atoms with E-state index < -0.39 is 0 Å². The predicted octanol–water partition coefficient (Wildman–Crippen LogP) is 14.3. The van der Waals surface area contributed by atoms with Crippen LogP contribution in [0.1, 0.15) is 0 Å². The number of benzene rings is 10. The normalized spacial score (nSPS) is 11.5. The van der Waals surface area contributed by atoms with Gasteiger partial charge in [-0.1, -0.05) is 164 Å². The van der Waals surface area contributed by atoms with Crippen molar-refractivity contribution in [3.63, 3.8) is 0 Å². The lowest BCUT2D eigenvalue weighted by Gasteiger charge is -2.29. The first-order valence-corrected chi connectivity index (χ1v) is 17.6. The second-order valence-electron chi connectivity index (χ2n) is 13.3. The van der Waals surface area contributed by atoms with Crippen LogP contribution in [0.3, 0.4) is 0 Å². The van der Waals surface area contributed by atoms with Crippen LogP contribution in [0.5, 0.6) is 0 Å². The maximum atomic E-state index is 2.43. The summed E-state index contributed by atoms with van der Waals surface area (Å²) >= 11 is 0. The van der Waals surface area contributed by atoms with Gasteiger partial charge in [0.1, 0.15) is 0 Å². The number of fused-ring (bicyclic) bond motifs is 8. The van der Waals surface area contributed by atoms with Crippen LogP contribution in [0.15, 0.2) is 200 Å². The lowest BCUT2D eigenvalue weighted by molar-refractivity contribution is 1.29. The van der Waals surface area contributed by atoms with Gasteiger partial charge >= 0.3 is 0 Å². The summed E-state index contributed by atoms with van der Waals surface area (Å²) < 4.78 is 0. The highest BCUT2D eigenvalue weighted by atomic mass is 15.1. The van der Waals surface area contributed by atoms with E-state index in [4.69, 9.17) is 0 Å². The van der Waals surface area contributed by atoms with E-state index in [2.05, 4.69) is 205 Å². The zero-order valence-corrected chi connectivity index (χ0v) is 28.0. The number of anilines is 3. The van der Waals surface area contributed by atoms with Gasteiger partial charge in [0.05, 0.1) is 5.69 Å². The molecule has 0 unspecified atom stereocenters. The average Bonchev–Trinajstić information content (AvgIpc) is 3.21. The minimum absolute atomic E-state index is 1.11. The van der Waals surface area contributed by atoms with Crippen molar-refractivity contribution in [2.75, 3.05) is 4.90 Å². The summed E-state index contributed by atoms with van der Waals surface area (Å²) in [4.78, 5) is 2.43.